The lowest BCUT2D eigenvalue weighted by atomic mass is 9.95. The van der Waals surface area contributed by atoms with Gasteiger partial charge < -0.3 is 11.1 Å². The van der Waals surface area contributed by atoms with Crippen molar-refractivity contribution in [3.8, 4) is 0 Å². The van der Waals surface area contributed by atoms with Crippen LogP contribution in [0.4, 0.5) is 5.13 Å². The number of aryl methyl sites for hydroxylation is 1. The summed E-state index contributed by atoms with van der Waals surface area (Å²) in [7, 11) is 0. The molecule has 1 aliphatic rings. The van der Waals surface area contributed by atoms with Crippen molar-refractivity contribution in [2.45, 2.75) is 55.0 Å². The van der Waals surface area contributed by atoms with Gasteiger partial charge in [0.1, 0.15) is 0 Å². The highest BCUT2D eigenvalue weighted by molar-refractivity contribution is 7.99. The van der Waals surface area contributed by atoms with E-state index in [9.17, 15) is 4.79 Å². The number of carbonyl (C=O) groups excluding carboxylic acids is 1. The molecule has 0 unspecified atom stereocenters. The van der Waals surface area contributed by atoms with Crippen molar-refractivity contribution in [3.05, 3.63) is 29.5 Å². The third-order valence-corrected chi connectivity index (χ3v) is 5.98. The number of nitrogens with one attached hydrogen (secondary N) is 1. The Balaban J connectivity index is 1.36. The zero-order valence-corrected chi connectivity index (χ0v) is 15.0. The zero-order chi connectivity index (χ0) is 16.8. The maximum Gasteiger partial charge on any atom is 0.220 e. The zero-order valence-electron chi connectivity index (χ0n) is 13.4. The van der Waals surface area contributed by atoms with Crippen molar-refractivity contribution in [1.29, 1.82) is 0 Å². The molecule has 0 aliphatic heterocycles. The summed E-state index contributed by atoms with van der Waals surface area (Å²) in [6.07, 6.45) is 8.85. The van der Waals surface area contributed by atoms with Gasteiger partial charge in [0, 0.05) is 35.5 Å². The minimum Gasteiger partial charge on any atom is -0.375 e. The van der Waals surface area contributed by atoms with Crippen molar-refractivity contribution >= 4 is 34.1 Å². The molecular weight excluding hydrogens is 342 g/mol. The maximum atomic E-state index is 12.1. The molecule has 0 bridgehead atoms. The van der Waals surface area contributed by atoms with Crippen LogP contribution < -0.4 is 11.1 Å². The van der Waals surface area contributed by atoms with E-state index in [1.165, 1.54) is 11.3 Å². The summed E-state index contributed by atoms with van der Waals surface area (Å²) in [5.41, 5.74) is 6.50. The van der Waals surface area contributed by atoms with Gasteiger partial charge in [-0.25, -0.2) is 15.0 Å². The first-order valence-corrected chi connectivity index (χ1v) is 9.88. The number of hydrogen-bond donors (Lipinski definition) is 2. The summed E-state index contributed by atoms with van der Waals surface area (Å²) in [6.45, 7) is 0. The lowest BCUT2D eigenvalue weighted by Gasteiger charge is -2.28. The van der Waals surface area contributed by atoms with Crippen LogP contribution in [0.5, 0.6) is 0 Å². The number of nitrogen functional groups attached to an aromatic ring is 1. The second-order valence-corrected chi connectivity index (χ2v) is 8.02. The van der Waals surface area contributed by atoms with E-state index in [-0.39, 0.29) is 11.9 Å². The molecule has 0 aromatic carbocycles. The van der Waals surface area contributed by atoms with Gasteiger partial charge in [0.25, 0.3) is 0 Å². The second-order valence-electron chi connectivity index (χ2n) is 5.87. The van der Waals surface area contributed by atoms with Gasteiger partial charge in [-0.15, -0.1) is 11.3 Å². The topological polar surface area (TPSA) is 93.8 Å². The monoisotopic (exact) mass is 363 g/mol. The first kappa shape index (κ1) is 17.2. The molecule has 6 nitrogen and oxygen atoms in total. The largest absolute Gasteiger partial charge is 0.375 e. The number of rotatable bonds is 6. The quantitative estimate of drug-likeness (QED) is 0.766. The third kappa shape index (κ3) is 5.17. The number of amides is 1. The molecule has 0 atom stereocenters. The second kappa shape index (κ2) is 8.43. The predicted octanol–water partition coefficient (Wildman–Crippen LogP) is 2.67. The highest BCUT2D eigenvalue weighted by Crippen LogP contribution is 2.31. The molecule has 0 radical (unpaired) electrons. The van der Waals surface area contributed by atoms with Gasteiger partial charge in [0.15, 0.2) is 10.3 Å². The minimum absolute atomic E-state index is 0.101. The molecule has 3 rings (SSSR count). The van der Waals surface area contributed by atoms with Crippen LogP contribution in [0.3, 0.4) is 0 Å². The number of nitrogens with zero attached hydrogens (tertiary/aromatic N) is 3. The van der Waals surface area contributed by atoms with Crippen LogP contribution in [-0.4, -0.2) is 32.2 Å². The number of nitrogens with two attached hydrogens (primary N) is 1. The minimum atomic E-state index is 0.101. The summed E-state index contributed by atoms with van der Waals surface area (Å²) in [5.74, 6) is 0.101. The lowest BCUT2D eigenvalue weighted by molar-refractivity contribution is -0.121. The molecule has 3 N–H and O–H groups in total. The summed E-state index contributed by atoms with van der Waals surface area (Å²) < 4.78 is 0. The number of thioether (sulfide) groups is 1. The Hall–Kier alpha value is -1.67. The number of hydrogen-bond acceptors (Lipinski definition) is 7. The van der Waals surface area contributed by atoms with E-state index < -0.39 is 0 Å². The Morgan fingerprint density at radius 2 is 2.04 bits per heavy atom. The summed E-state index contributed by atoms with van der Waals surface area (Å²) >= 11 is 3.16. The maximum absolute atomic E-state index is 12.1. The van der Waals surface area contributed by atoms with Crippen LogP contribution >= 0.6 is 23.1 Å². The molecule has 0 spiro atoms. The van der Waals surface area contributed by atoms with Crippen LogP contribution in [0.25, 0.3) is 0 Å². The highest BCUT2D eigenvalue weighted by Gasteiger charge is 2.23. The van der Waals surface area contributed by atoms with E-state index >= 15 is 0 Å². The van der Waals surface area contributed by atoms with Gasteiger partial charge in [0.05, 0.1) is 5.69 Å². The Labute approximate surface area is 149 Å². The first-order valence-electron chi connectivity index (χ1n) is 8.12. The van der Waals surface area contributed by atoms with E-state index in [1.807, 2.05) is 11.4 Å². The first-order chi connectivity index (χ1) is 11.7. The van der Waals surface area contributed by atoms with Crippen molar-refractivity contribution < 1.29 is 4.79 Å². The number of thiazole rings is 1. The van der Waals surface area contributed by atoms with Gasteiger partial charge in [-0.3, -0.25) is 4.79 Å². The molecule has 1 saturated carbocycles. The Morgan fingerprint density at radius 1 is 1.29 bits per heavy atom. The van der Waals surface area contributed by atoms with Crippen LogP contribution in [0.2, 0.25) is 0 Å². The summed E-state index contributed by atoms with van der Waals surface area (Å²) in [6, 6.07) is 2.11. The standard InChI is InChI=1S/C16H21N5OS2/c17-15-21-12(10-23-15)4-7-14(22)20-11-2-5-13(6-3-11)24-16-18-8-1-9-19-16/h1,8-11,13H,2-7H2,(H2,17,21)(H,20,22). The van der Waals surface area contributed by atoms with E-state index in [4.69, 9.17) is 5.73 Å². The van der Waals surface area contributed by atoms with Crippen molar-refractivity contribution in [2.75, 3.05) is 5.73 Å². The van der Waals surface area contributed by atoms with Crippen molar-refractivity contribution in [2.24, 2.45) is 0 Å². The number of aromatic nitrogens is 3. The average Bonchev–Trinajstić information content (AvgIpc) is 3.01. The molecule has 24 heavy (non-hydrogen) atoms. The predicted molar refractivity (Wildman–Crippen MR) is 96.9 cm³/mol. The van der Waals surface area contributed by atoms with E-state index in [2.05, 4.69) is 20.3 Å². The fourth-order valence-electron chi connectivity index (χ4n) is 2.80. The van der Waals surface area contributed by atoms with E-state index in [0.717, 1.165) is 36.5 Å². The van der Waals surface area contributed by atoms with Crippen LogP contribution in [0, 0.1) is 0 Å². The fraction of sp³-hybridized carbons (Fsp3) is 0.500. The van der Waals surface area contributed by atoms with Gasteiger partial charge in [0.2, 0.25) is 5.91 Å². The summed E-state index contributed by atoms with van der Waals surface area (Å²) in [5, 5.41) is 7.00. The van der Waals surface area contributed by atoms with Gasteiger partial charge >= 0.3 is 0 Å². The molecule has 2 aromatic heterocycles. The smallest absolute Gasteiger partial charge is 0.220 e. The molecule has 8 heteroatoms. The molecule has 0 saturated heterocycles. The van der Waals surface area contributed by atoms with Crippen molar-refractivity contribution in [3.63, 3.8) is 0 Å². The third-order valence-electron chi connectivity index (χ3n) is 4.03. The van der Waals surface area contributed by atoms with Gasteiger partial charge in [-0.1, -0.05) is 11.8 Å². The average molecular weight is 364 g/mol. The number of anilines is 1. The molecule has 1 amide bonds. The van der Waals surface area contributed by atoms with Crippen LogP contribution in [-0.2, 0) is 11.2 Å². The Morgan fingerprint density at radius 3 is 2.71 bits per heavy atom. The fourth-order valence-corrected chi connectivity index (χ4v) is 4.45. The SMILES string of the molecule is Nc1nc(CCC(=O)NC2CCC(Sc3ncccn3)CC2)cs1. The molecule has 1 aliphatic carbocycles. The molecule has 2 aromatic rings. The van der Waals surface area contributed by atoms with E-state index in [1.54, 1.807) is 24.2 Å². The Bertz CT molecular complexity index is 655. The van der Waals surface area contributed by atoms with Gasteiger partial charge in [-0.2, -0.15) is 0 Å². The Kier molecular flexibility index (Phi) is 6.03. The van der Waals surface area contributed by atoms with E-state index in [0.29, 0.717) is 23.2 Å². The summed E-state index contributed by atoms with van der Waals surface area (Å²) in [4.78, 5) is 24.8. The molecule has 1 fully saturated rings. The van der Waals surface area contributed by atoms with Crippen LogP contribution in [0.15, 0.2) is 29.0 Å². The van der Waals surface area contributed by atoms with Crippen LogP contribution in [0.1, 0.15) is 37.8 Å². The molecular formula is C16H21N5OS2. The lowest BCUT2D eigenvalue weighted by Crippen LogP contribution is -2.38. The van der Waals surface area contributed by atoms with Crippen molar-refractivity contribution in [1.82, 2.24) is 20.3 Å². The van der Waals surface area contributed by atoms with Gasteiger partial charge in [-0.05, 0) is 38.2 Å². The normalized spacial score (nSPS) is 20.7. The highest BCUT2D eigenvalue weighted by atomic mass is 32.2. The molecule has 128 valence electrons. The number of carbonyl (C=O) groups is 1. The molecule has 2 heterocycles.